The summed E-state index contributed by atoms with van der Waals surface area (Å²) in [6.45, 7) is 0.598. The minimum Gasteiger partial charge on any atom is -0.398 e. The SMILES string of the molecule is Nc1cc(F)c(F)cc1C(=O)NCCCCCCO. The Balaban J connectivity index is 2.43. The first kappa shape index (κ1) is 15.4. The van der Waals surface area contributed by atoms with Crippen LogP contribution in [0, 0.1) is 11.6 Å². The molecular formula is C13H18F2N2O2. The molecule has 0 aromatic heterocycles. The van der Waals surface area contributed by atoms with Gasteiger partial charge < -0.3 is 16.2 Å². The van der Waals surface area contributed by atoms with Crippen molar-refractivity contribution in [3.05, 3.63) is 29.3 Å². The molecular weight excluding hydrogens is 254 g/mol. The second-order valence-electron chi connectivity index (χ2n) is 4.25. The van der Waals surface area contributed by atoms with Gasteiger partial charge in [-0.05, 0) is 18.9 Å². The minimum atomic E-state index is -1.10. The van der Waals surface area contributed by atoms with Crippen molar-refractivity contribution in [1.82, 2.24) is 5.32 Å². The monoisotopic (exact) mass is 272 g/mol. The molecule has 0 aliphatic rings. The number of aliphatic hydroxyl groups excluding tert-OH is 1. The van der Waals surface area contributed by atoms with Crippen LogP contribution in [0.25, 0.3) is 0 Å². The predicted octanol–water partition coefficient (Wildman–Crippen LogP) is 1.83. The lowest BCUT2D eigenvalue weighted by molar-refractivity contribution is 0.0953. The number of unbranched alkanes of at least 4 members (excludes halogenated alkanes) is 3. The number of benzene rings is 1. The molecule has 0 aliphatic heterocycles. The fourth-order valence-corrected chi connectivity index (χ4v) is 1.65. The zero-order chi connectivity index (χ0) is 14.3. The number of hydrogen-bond acceptors (Lipinski definition) is 3. The zero-order valence-corrected chi connectivity index (χ0v) is 10.6. The van der Waals surface area contributed by atoms with E-state index in [0.717, 1.165) is 37.8 Å². The number of carbonyl (C=O) groups excluding carboxylic acids is 1. The van der Waals surface area contributed by atoms with Crippen molar-refractivity contribution >= 4 is 11.6 Å². The van der Waals surface area contributed by atoms with Gasteiger partial charge >= 0.3 is 0 Å². The third kappa shape index (κ3) is 4.82. The van der Waals surface area contributed by atoms with E-state index in [2.05, 4.69) is 5.32 Å². The number of rotatable bonds is 7. The van der Waals surface area contributed by atoms with Crippen molar-refractivity contribution in [1.29, 1.82) is 0 Å². The molecule has 1 aromatic rings. The summed E-state index contributed by atoms with van der Waals surface area (Å²) in [7, 11) is 0. The first-order valence-corrected chi connectivity index (χ1v) is 6.20. The predicted molar refractivity (Wildman–Crippen MR) is 68.7 cm³/mol. The van der Waals surface area contributed by atoms with E-state index < -0.39 is 17.5 Å². The van der Waals surface area contributed by atoms with Gasteiger partial charge in [0.2, 0.25) is 0 Å². The lowest BCUT2D eigenvalue weighted by atomic mass is 10.1. The van der Waals surface area contributed by atoms with Crippen molar-refractivity contribution in [2.24, 2.45) is 0 Å². The molecule has 1 amide bonds. The number of nitrogen functional groups attached to an aromatic ring is 1. The molecule has 0 heterocycles. The lowest BCUT2D eigenvalue weighted by Gasteiger charge is -2.08. The van der Waals surface area contributed by atoms with E-state index in [1.807, 2.05) is 0 Å². The molecule has 0 saturated carbocycles. The Bertz CT molecular complexity index is 439. The van der Waals surface area contributed by atoms with Crippen LogP contribution in [-0.2, 0) is 0 Å². The quantitative estimate of drug-likeness (QED) is 0.523. The molecule has 6 heteroatoms. The number of halogens is 2. The smallest absolute Gasteiger partial charge is 0.253 e. The molecule has 0 aliphatic carbocycles. The third-order valence-corrected chi connectivity index (χ3v) is 2.71. The second-order valence-corrected chi connectivity index (χ2v) is 4.25. The van der Waals surface area contributed by atoms with E-state index in [9.17, 15) is 13.6 Å². The maximum absolute atomic E-state index is 13.0. The Labute approximate surface area is 110 Å². The van der Waals surface area contributed by atoms with Crippen molar-refractivity contribution in [3.8, 4) is 0 Å². The maximum atomic E-state index is 13.0. The van der Waals surface area contributed by atoms with Crippen LogP contribution in [0.4, 0.5) is 14.5 Å². The molecule has 1 rings (SSSR count). The molecule has 0 saturated heterocycles. The largest absolute Gasteiger partial charge is 0.398 e. The number of nitrogens with one attached hydrogen (secondary N) is 1. The lowest BCUT2D eigenvalue weighted by Crippen LogP contribution is -2.25. The summed E-state index contributed by atoms with van der Waals surface area (Å²) in [5, 5.41) is 11.2. The highest BCUT2D eigenvalue weighted by molar-refractivity contribution is 5.99. The van der Waals surface area contributed by atoms with Gasteiger partial charge in [0.05, 0.1) is 5.56 Å². The average Bonchev–Trinajstić information content (AvgIpc) is 2.37. The number of anilines is 1. The van der Waals surface area contributed by atoms with E-state index in [1.165, 1.54) is 0 Å². The summed E-state index contributed by atoms with van der Waals surface area (Å²) in [4.78, 5) is 11.7. The first-order chi connectivity index (χ1) is 9.06. The van der Waals surface area contributed by atoms with Gasteiger partial charge in [0.1, 0.15) is 0 Å². The van der Waals surface area contributed by atoms with Gasteiger partial charge in [-0.1, -0.05) is 12.8 Å². The van der Waals surface area contributed by atoms with E-state index in [0.29, 0.717) is 6.54 Å². The number of hydrogen-bond donors (Lipinski definition) is 3. The van der Waals surface area contributed by atoms with Crippen molar-refractivity contribution in [3.63, 3.8) is 0 Å². The van der Waals surface area contributed by atoms with Gasteiger partial charge in [-0.2, -0.15) is 0 Å². The van der Waals surface area contributed by atoms with E-state index in [4.69, 9.17) is 10.8 Å². The molecule has 4 nitrogen and oxygen atoms in total. The molecule has 0 spiro atoms. The van der Waals surface area contributed by atoms with Gasteiger partial charge in [0, 0.05) is 24.9 Å². The summed E-state index contributed by atoms with van der Waals surface area (Å²) >= 11 is 0. The van der Waals surface area contributed by atoms with Crippen molar-refractivity contribution in [2.75, 3.05) is 18.9 Å². The Morgan fingerprint density at radius 3 is 2.47 bits per heavy atom. The fraction of sp³-hybridized carbons (Fsp3) is 0.462. The van der Waals surface area contributed by atoms with Gasteiger partial charge in [-0.25, -0.2) is 8.78 Å². The van der Waals surface area contributed by atoms with Crippen LogP contribution in [0.2, 0.25) is 0 Å². The van der Waals surface area contributed by atoms with Crippen LogP contribution in [0.15, 0.2) is 12.1 Å². The topological polar surface area (TPSA) is 75.4 Å². The number of aliphatic hydroxyl groups is 1. The molecule has 0 fully saturated rings. The van der Waals surface area contributed by atoms with Gasteiger partial charge in [-0.15, -0.1) is 0 Å². The van der Waals surface area contributed by atoms with Gasteiger partial charge in [0.15, 0.2) is 11.6 Å². The van der Waals surface area contributed by atoms with Crippen molar-refractivity contribution in [2.45, 2.75) is 25.7 Å². The van der Waals surface area contributed by atoms with Gasteiger partial charge in [-0.3, -0.25) is 4.79 Å². The van der Waals surface area contributed by atoms with E-state index in [1.54, 1.807) is 0 Å². The Kier molecular flexibility index (Phi) is 6.21. The Morgan fingerprint density at radius 2 is 1.79 bits per heavy atom. The molecule has 19 heavy (non-hydrogen) atoms. The molecule has 0 radical (unpaired) electrons. The minimum absolute atomic E-state index is 0.0609. The third-order valence-electron chi connectivity index (χ3n) is 2.71. The average molecular weight is 272 g/mol. The molecule has 1 aromatic carbocycles. The molecule has 0 atom stereocenters. The number of carbonyl (C=O) groups is 1. The first-order valence-electron chi connectivity index (χ1n) is 6.20. The summed E-state index contributed by atoms with van der Waals surface area (Å²) in [6.07, 6.45) is 3.27. The van der Waals surface area contributed by atoms with Crippen LogP contribution in [0.3, 0.4) is 0 Å². The van der Waals surface area contributed by atoms with Gasteiger partial charge in [0.25, 0.3) is 5.91 Å². The normalized spacial score (nSPS) is 10.5. The number of amides is 1. The highest BCUT2D eigenvalue weighted by Gasteiger charge is 2.13. The Hall–Kier alpha value is -1.69. The zero-order valence-electron chi connectivity index (χ0n) is 10.6. The molecule has 4 N–H and O–H groups in total. The molecule has 0 unspecified atom stereocenters. The molecule has 106 valence electrons. The van der Waals surface area contributed by atoms with Crippen LogP contribution in [0.1, 0.15) is 36.0 Å². The summed E-state index contributed by atoms with van der Waals surface area (Å²) < 4.78 is 25.9. The van der Waals surface area contributed by atoms with E-state index in [-0.39, 0.29) is 17.9 Å². The van der Waals surface area contributed by atoms with Crippen molar-refractivity contribution < 1.29 is 18.7 Å². The second kappa shape index (κ2) is 7.68. The highest BCUT2D eigenvalue weighted by atomic mass is 19.2. The highest BCUT2D eigenvalue weighted by Crippen LogP contribution is 2.16. The maximum Gasteiger partial charge on any atom is 0.253 e. The summed E-state index contributed by atoms with van der Waals surface area (Å²) in [5.41, 5.74) is 5.32. The number of nitrogens with two attached hydrogens (primary N) is 1. The van der Waals surface area contributed by atoms with Crippen LogP contribution in [0.5, 0.6) is 0 Å². The van der Waals surface area contributed by atoms with Crippen LogP contribution < -0.4 is 11.1 Å². The molecule has 0 bridgehead atoms. The van der Waals surface area contributed by atoms with Crippen LogP contribution in [-0.4, -0.2) is 24.2 Å². The summed E-state index contributed by atoms with van der Waals surface area (Å²) in [6, 6.07) is 1.59. The fourth-order valence-electron chi connectivity index (χ4n) is 1.65. The van der Waals surface area contributed by atoms with E-state index >= 15 is 0 Å². The standard InChI is InChI=1S/C13H18F2N2O2/c14-10-7-9(12(16)8-11(10)15)13(19)17-5-3-1-2-4-6-18/h7-8,18H,1-6,16H2,(H,17,19). The Morgan fingerprint density at radius 1 is 1.16 bits per heavy atom. The van der Waals surface area contributed by atoms with Crippen LogP contribution >= 0.6 is 0 Å². The summed E-state index contributed by atoms with van der Waals surface area (Å²) in [5.74, 6) is -2.68.